The summed E-state index contributed by atoms with van der Waals surface area (Å²) in [5.41, 5.74) is 2.36. The molecule has 0 spiro atoms. The lowest BCUT2D eigenvalue weighted by molar-refractivity contribution is -0.220. The number of ether oxygens (including phenoxy) is 4. The fraction of sp³-hybridized carbons (Fsp3) is 0.577. The zero-order chi connectivity index (χ0) is 47.0. The van der Waals surface area contributed by atoms with Gasteiger partial charge in [-0.3, -0.25) is 19.2 Å². The van der Waals surface area contributed by atoms with Crippen molar-refractivity contribution >= 4 is 23.8 Å². The molecular formula is C52H68N6O8. The molecule has 4 bridgehead atoms. The first-order valence-electron chi connectivity index (χ1n) is 24.0. The van der Waals surface area contributed by atoms with Gasteiger partial charge in [-0.25, -0.2) is 9.97 Å². The third-order valence-electron chi connectivity index (χ3n) is 14.4. The Balaban J connectivity index is 0.946. The number of amides is 2. The number of nitrogens with one attached hydrogen (secondary N) is 4. The highest BCUT2D eigenvalue weighted by molar-refractivity contribution is 5.88. The van der Waals surface area contributed by atoms with Gasteiger partial charge < -0.3 is 39.5 Å². The first-order chi connectivity index (χ1) is 31.4. The van der Waals surface area contributed by atoms with Crippen LogP contribution in [0.25, 0.3) is 33.6 Å². The van der Waals surface area contributed by atoms with Crippen molar-refractivity contribution in [3.63, 3.8) is 0 Å². The van der Waals surface area contributed by atoms with Crippen molar-refractivity contribution in [1.82, 2.24) is 30.6 Å². The van der Waals surface area contributed by atoms with Crippen molar-refractivity contribution in [2.45, 2.75) is 155 Å². The van der Waals surface area contributed by atoms with Gasteiger partial charge in [0.25, 0.3) is 11.8 Å². The molecule has 4 aliphatic heterocycles. The van der Waals surface area contributed by atoms with Crippen molar-refractivity contribution in [2.24, 2.45) is 22.7 Å². The first-order valence-corrected chi connectivity index (χ1v) is 24.0. The zero-order valence-corrected chi connectivity index (χ0v) is 39.9. The van der Waals surface area contributed by atoms with E-state index in [2.05, 4.69) is 111 Å². The molecule has 4 N–H and O–H groups in total. The Labute approximate surface area is 388 Å². The molecule has 2 aromatic carbocycles. The maximum Gasteiger partial charge on any atom is 0.305 e. The Morgan fingerprint density at radius 2 is 0.924 bits per heavy atom. The van der Waals surface area contributed by atoms with Crippen LogP contribution in [0.3, 0.4) is 0 Å². The second-order valence-corrected chi connectivity index (χ2v) is 21.1. The van der Waals surface area contributed by atoms with Crippen LogP contribution in [0.5, 0.6) is 0 Å². The van der Waals surface area contributed by atoms with Crippen LogP contribution in [-0.4, -0.2) is 80.3 Å². The van der Waals surface area contributed by atoms with Crippen molar-refractivity contribution in [3.05, 3.63) is 72.6 Å². The van der Waals surface area contributed by atoms with Crippen molar-refractivity contribution < 1.29 is 38.1 Å². The lowest BCUT2D eigenvalue weighted by Gasteiger charge is -2.50. The summed E-state index contributed by atoms with van der Waals surface area (Å²) in [6.07, 6.45) is 11.1. The Morgan fingerprint density at radius 3 is 1.21 bits per heavy atom. The van der Waals surface area contributed by atoms with E-state index in [1.54, 1.807) is 26.2 Å². The van der Waals surface area contributed by atoms with Gasteiger partial charge in [-0.1, -0.05) is 104 Å². The molecule has 6 aliphatic rings. The summed E-state index contributed by atoms with van der Waals surface area (Å²) in [5.74, 6) is -0.0229. The highest BCUT2D eigenvalue weighted by Crippen LogP contribution is 2.47. The van der Waals surface area contributed by atoms with Gasteiger partial charge in [0, 0.05) is 24.7 Å². The molecule has 2 unspecified atom stereocenters. The average molecular weight is 905 g/mol. The summed E-state index contributed by atoms with van der Waals surface area (Å²) in [7, 11) is 0. The number of fused-ring (bicyclic) bond motifs is 6. The molecule has 354 valence electrons. The highest BCUT2D eigenvalue weighted by Gasteiger charge is 2.57. The normalized spacial score (nSPS) is 25.8. The number of carbonyl (C=O) groups excluding carboxylic acids is 4. The molecule has 2 aromatic heterocycles. The number of aromatic nitrogens is 4. The monoisotopic (exact) mass is 905 g/mol. The van der Waals surface area contributed by atoms with E-state index in [-0.39, 0.29) is 73.9 Å². The third kappa shape index (κ3) is 9.58. The van der Waals surface area contributed by atoms with Crippen molar-refractivity contribution in [2.75, 3.05) is 13.2 Å². The molecule has 4 aromatic rings. The van der Waals surface area contributed by atoms with E-state index in [4.69, 9.17) is 28.9 Å². The molecule has 6 fully saturated rings. The van der Waals surface area contributed by atoms with E-state index in [9.17, 15) is 19.2 Å². The molecule has 4 saturated heterocycles. The Hall–Kier alpha value is -5.34. The van der Waals surface area contributed by atoms with Gasteiger partial charge in [0.05, 0.1) is 48.1 Å². The topological polar surface area (TPSA) is 187 Å². The van der Waals surface area contributed by atoms with Crippen molar-refractivity contribution in [1.29, 1.82) is 0 Å². The van der Waals surface area contributed by atoms with Gasteiger partial charge in [-0.15, -0.1) is 0 Å². The summed E-state index contributed by atoms with van der Waals surface area (Å²) >= 11 is 0. The number of benzene rings is 2. The molecule has 0 radical (unpaired) electrons. The molecule has 10 rings (SSSR count). The average Bonchev–Trinajstić information content (AvgIpc) is 4.02. The number of imidazole rings is 2. The minimum Gasteiger partial charge on any atom is -0.462 e. The van der Waals surface area contributed by atoms with E-state index in [1.807, 2.05) is 0 Å². The minimum absolute atomic E-state index is 0.0260. The predicted molar refractivity (Wildman–Crippen MR) is 249 cm³/mol. The Bertz CT molecular complexity index is 2200. The summed E-state index contributed by atoms with van der Waals surface area (Å²) in [5, 5.41) is 6.56. The number of rotatable bonds is 15. The summed E-state index contributed by atoms with van der Waals surface area (Å²) in [6.45, 7) is 15.7. The molecule has 2 aliphatic carbocycles. The van der Waals surface area contributed by atoms with Crippen LogP contribution < -0.4 is 10.6 Å². The molecule has 6 heterocycles. The van der Waals surface area contributed by atoms with Gasteiger partial charge in [0.15, 0.2) is 11.2 Å². The molecule has 2 amide bonds. The molecule has 66 heavy (non-hydrogen) atoms. The van der Waals surface area contributed by atoms with Gasteiger partial charge >= 0.3 is 11.9 Å². The van der Waals surface area contributed by atoms with E-state index in [1.165, 1.54) is 0 Å². The van der Waals surface area contributed by atoms with E-state index in [0.29, 0.717) is 11.6 Å². The summed E-state index contributed by atoms with van der Waals surface area (Å²) < 4.78 is 24.1. The quantitative estimate of drug-likeness (QED) is 0.0839. The number of nitrogens with zero attached hydrogens (tertiary/aromatic N) is 2. The Kier molecular flexibility index (Phi) is 13.4. The fourth-order valence-electron chi connectivity index (χ4n) is 10.4. The SMILES string of the molecule is CCC(=O)OCC1(C(=O)N[C@H](c2ncc(-c3ccc(-c4ccc(-c5cnc([C@@H](NC(=O)C6(COC(=O)CC)OC7CCC6CC7)C(C)(C)C)[nH]5)cc4)cc3)[nH]2)C(C)(C)C)OC2CCC1CC2. The summed E-state index contributed by atoms with van der Waals surface area (Å²) in [4.78, 5) is 69.6. The number of esters is 2. The number of H-pyrrole nitrogens is 2. The highest BCUT2D eigenvalue weighted by atomic mass is 16.6. The fourth-order valence-corrected chi connectivity index (χ4v) is 10.4. The lowest BCUT2D eigenvalue weighted by Crippen LogP contribution is -2.64. The van der Waals surface area contributed by atoms with Crippen LogP contribution in [-0.2, 0) is 38.1 Å². The van der Waals surface area contributed by atoms with Crippen LogP contribution in [0.2, 0.25) is 0 Å². The standard InChI is InChI=1S/C52H68N6O8/c1-9-41(59)63-29-51(35-19-23-37(65-51)24-20-35)47(61)57-43(49(3,4)5)45-53-27-39(55-45)33-15-11-31(12-16-33)32-13-17-34(18-14-32)40-28-54-46(56-40)44(50(6,7)8)58-48(62)52(30-64-42(60)10-2)36-21-25-38(66-52)26-22-36/h11-18,27-28,35-38,43-44H,9-10,19-26,29-30H2,1-8H3,(H,53,55)(H,54,56)(H,57,61)(H,58,62)/t35?,36?,37?,38?,43-,44-,51?,52?/m1/s1. The van der Waals surface area contributed by atoms with E-state index >= 15 is 0 Å². The van der Waals surface area contributed by atoms with Crippen LogP contribution >= 0.6 is 0 Å². The zero-order valence-electron chi connectivity index (χ0n) is 39.9. The van der Waals surface area contributed by atoms with E-state index < -0.39 is 34.1 Å². The van der Waals surface area contributed by atoms with Gasteiger partial charge in [-0.2, -0.15) is 0 Å². The van der Waals surface area contributed by atoms with Gasteiger partial charge in [-0.05, 0) is 84.5 Å². The largest absolute Gasteiger partial charge is 0.462 e. The number of hydrogen-bond donors (Lipinski definition) is 4. The number of hydrogen-bond acceptors (Lipinski definition) is 10. The summed E-state index contributed by atoms with van der Waals surface area (Å²) in [6, 6.07) is 15.6. The first kappa shape index (κ1) is 47.2. The molecule has 2 saturated carbocycles. The van der Waals surface area contributed by atoms with E-state index in [0.717, 1.165) is 85.0 Å². The molecule has 14 nitrogen and oxygen atoms in total. The second kappa shape index (κ2) is 18.7. The maximum atomic E-state index is 14.3. The molecular weight excluding hydrogens is 837 g/mol. The van der Waals surface area contributed by atoms with Crippen LogP contribution in [0.15, 0.2) is 60.9 Å². The molecule has 4 atom stereocenters. The predicted octanol–water partition coefficient (Wildman–Crippen LogP) is 9.10. The van der Waals surface area contributed by atoms with Gasteiger partial charge in [0.1, 0.15) is 24.9 Å². The van der Waals surface area contributed by atoms with Crippen LogP contribution in [0.1, 0.15) is 143 Å². The third-order valence-corrected chi connectivity index (χ3v) is 14.4. The maximum absolute atomic E-state index is 14.3. The second-order valence-electron chi connectivity index (χ2n) is 21.1. The Morgan fingerprint density at radius 1 is 0.591 bits per heavy atom. The lowest BCUT2D eigenvalue weighted by atomic mass is 9.71. The van der Waals surface area contributed by atoms with Crippen LogP contribution in [0.4, 0.5) is 0 Å². The van der Waals surface area contributed by atoms with Gasteiger partial charge in [0.2, 0.25) is 0 Å². The number of carbonyl (C=O) groups is 4. The number of aromatic amines is 2. The smallest absolute Gasteiger partial charge is 0.305 e. The minimum atomic E-state index is -1.22. The van der Waals surface area contributed by atoms with Crippen LogP contribution in [0, 0.1) is 22.7 Å². The van der Waals surface area contributed by atoms with Crippen molar-refractivity contribution in [3.8, 4) is 33.6 Å². The molecule has 14 heteroatoms.